The predicted molar refractivity (Wildman–Crippen MR) is 104 cm³/mol. The van der Waals surface area contributed by atoms with Crippen molar-refractivity contribution in [3.8, 4) is 5.69 Å². The number of rotatable bonds is 4. The van der Waals surface area contributed by atoms with Crippen LogP contribution in [0, 0.1) is 5.82 Å². The van der Waals surface area contributed by atoms with Crippen LogP contribution in [0.2, 0.25) is 5.02 Å². The molecular weight excluding hydrogens is 399 g/mol. The number of carbonyl (C=O) groups is 2. The van der Waals surface area contributed by atoms with E-state index in [0.29, 0.717) is 24.5 Å². The van der Waals surface area contributed by atoms with Crippen LogP contribution in [-0.4, -0.2) is 50.0 Å². The third kappa shape index (κ3) is 4.09. The largest absolute Gasteiger partial charge is 0.336 e. The maximum atomic E-state index is 13.1. The third-order valence-corrected chi connectivity index (χ3v) is 4.84. The number of hydrogen-bond donors (Lipinski definition) is 1. The average Bonchev–Trinajstić information content (AvgIpc) is 3.40. The number of nitrogens with zero attached hydrogens (tertiary/aromatic N) is 5. The lowest BCUT2D eigenvalue weighted by Gasteiger charge is -2.11. The Morgan fingerprint density at radius 1 is 1.07 bits per heavy atom. The van der Waals surface area contributed by atoms with Crippen LogP contribution >= 0.6 is 11.6 Å². The Morgan fingerprint density at radius 2 is 1.79 bits per heavy atom. The minimum Gasteiger partial charge on any atom is -0.336 e. The summed E-state index contributed by atoms with van der Waals surface area (Å²) in [6.45, 7) is 1.42. The summed E-state index contributed by atoms with van der Waals surface area (Å²) in [6.07, 6.45) is 1.96. The lowest BCUT2D eigenvalue weighted by molar-refractivity contribution is 0.0780. The molecule has 1 fully saturated rings. The Bertz CT molecular complexity index is 1060. The van der Waals surface area contributed by atoms with Crippen molar-refractivity contribution in [3.05, 3.63) is 64.7 Å². The molecule has 1 aliphatic rings. The highest BCUT2D eigenvalue weighted by Gasteiger charge is 2.23. The fourth-order valence-corrected chi connectivity index (χ4v) is 3.27. The summed E-state index contributed by atoms with van der Waals surface area (Å²) >= 11 is 5.91. The Balaban J connectivity index is 1.45. The minimum absolute atomic E-state index is 0.0288. The van der Waals surface area contributed by atoms with E-state index >= 15 is 0 Å². The van der Waals surface area contributed by atoms with Gasteiger partial charge in [0.2, 0.25) is 0 Å². The Hall–Kier alpha value is -3.33. The minimum atomic E-state index is -0.515. The van der Waals surface area contributed by atoms with Gasteiger partial charge in [0.1, 0.15) is 5.82 Å². The van der Waals surface area contributed by atoms with Gasteiger partial charge in [0.15, 0.2) is 0 Å². The second kappa shape index (κ2) is 7.96. The van der Waals surface area contributed by atoms with Crippen molar-refractivity contribution in [3.63, 3.8) is 0 Å². The molecule has 0 saturated carbocycles. The van der Waals surface area contributed by atoms with Crippen molar-refractivity contribution >= 4 is 29.1 Å². The van der Waals surface area contributed by atoms with Gasteiger partial charge in [-0.3, -0.25) is 9.59 Å². The molecule has 1 N–H and O–H groups in total. The van der Waals surface area contributed by atoms with E-state index in [1.807, 2.05) is 0 Å². The summed E-state index contributed by atoms with van der Waals surface area (Å²) in [7, 11) is 0. The van der Waals surface area contributed by atoms with Crippen molar-refractivity contribution in [2.75, 3.05) is 18.4 Å². The molecule has 0 unspecified atom stereocenters. The van der Waals surface area contributed by atoms with E-state index in [9.17, 15) is 14.0 Å². The number of hydrogen-bond acceptors (Lipinski definition) is 5. The molecule has 4 rings (SSSR count). The van der Waals surface area contributed by atoms with E-state index in [1.54, 1.807) is 29.2 Å². The van der Waals surface area contributed by atoms with Crippen LogP contribution in [-0.2, 0) is 0 Å². The Morgan fingerprint density at radius 3 is 2.48 bits per heavy atom. The van der Waals surface area contributed by atoms with E-state index in [4.69, 9.17) is 11.6 Å². The quantitative estimate of drug-likeness (QED) is 0.708. The van der Waals surface area contributed by atoms with Gasteiger partial charge in [0.05, 0.1) is 16.3 Å². The van der Waals surface area contributed by atoms with E-state index in [1.165, 1.54) is 16.9 Å². The molecule has 0 spiro atoms. The second-order valence-electron chi connectivity index (χ2n) is 6.53. The van der Waals surface area contributed by atoms with Crippen molar-refractivity contribution < 1.29 is 14.0 Å². The highest BCUT2D eigenvalue weighted by Crippen LogP contribution is 2.20. The van der Waals surface area contributed by atoms with Crippen LogP contribution in [0.1, 0.15) is 33.8 Å². The number of aromatic nitrogens is 4. The van der Waals surface area contributed by atoms with Crippen molar-refractivity contribution in [2.45, 2.75) is 12.8 Å². The summed E-state index contributed by atoms with van der Waals surface area (Å²) in [4.78, 5) is 27.6. The summed E-state index contributed by atoms with van der Waals surface area (Å²) in [5, 5.41) is 14.6. The Labute approximate surface area is 170 Å². The molecule has 1 saturated heterocycles. The van der Waals surface area contributed by atoms with E-state index in [2.05, 4.69) is 20.7 Å². The molecule has 0 bridgehead atoms. The molecule has 10 heteroatoms. The van der Waals surface area contributed by atoms with Gasteiger partial charge in [-0.15, -0.1) is 15.0 Å². The molecule has 2 heterocycles. The normalized spacial score (nSPS) is 13.5. The van der Waals surface area contributed by atoms with Gasteiger partial charge in [-0.2, -0.15) is 0 Å². The highest BCUT2D eigenvalue weighted by atomic mass is 35.5. The number of carbonyl (C=O) groups excluding carboxylic acids is 2. The number of amides is 2. The standard InChI is InChI=1S/C19H16ClFN6O2/c20-16-11-12(21)3-8-15(16)18(28)22-13-4-6-14(7-5-13)27-24-17(23-25-27)19(29)26-9-1-2-10-26/h3-8,11H,1-2,9-10H2,(H,22,28). The van der Waals surface area contributed by atoms with Crippen molar-refractivity contribution in [2.24, 2.45) is 0 Å². The zero-order valence-corrected chi connectivity index (χ0v) is 15.9. The molecule has 8 nitrogen and oxygen atoms in total. The maximum absolute atomic E-state index is 13.1. The fourth-order valence-electron chi connectivity index (χ4n) is 3.02. The molecule has 3 aromatic rings. The first-order valence-electron chi connectivity index (χ1n) is 8.97. The van der Waals surface area contributed by atoms with Crippen molar-refractivity contribution in [1.29, 1.82) is 0 Å². The average molecular weight is 415 g/mol. The molecule has 29 heavy (non-hydrogen) atoms. The summed E-state index contributed by atoms with van der Waals surface area (Å²) < 4.78 is 13.1. The van der Waals surface area contributed by atoms with Gasteiger partial charge >= 0.3 is 0 Å². The molecule has 1 aliphatic heterocycles. The van der Waals surface area contributed by atoms with Crippen molar-refractivity contribution in [1.82, 2.24) is 25.1 Å². The summed E-state index contributed by atoms with van der Waals surface area (Å²) in [6, 6.07) is 10.2. The molecular formula is C19H16ClFN6O2. The molecule has 0 aliphatic carbocycles. The smallest absolute Gasteiger partial charge is 0.295 e. The summed E-state index contributed by atoms with van der Waals surface area (Å²) in [5.74, 6) is -1.15. The van der Waals surface area contributed by atoms with Gasteiger partial charge in [-0.25, -0.2) is 4.39 Å². The first-order valence-corrected chi connectivity index (χ1v) is 9.35. The van der Waals surface area contributed by atoms with Crippen LogP contribution in [0.4, 0.5) is 10.1 Å². The number of halogens is 2. The topological polar surface area (TPSA) is 93.0 Å². The maximum Gasteiger partial charge on any atom is 0.295 e. The van der Waals surface area contributed by atoms with E-state index in [0.717, 1.165) is 18.9 Å². The summed E-state index contributed by atoms with van der Waals surface area (Å²) in [5.41, 5.74) is 1.25. The number of nitrogens with one attached hydrogen (secondary N) is 1. The SMILES string of the molecule is O=C(Nc1ccc(-n2nnc(C(=O)N3CCCC3)n2)cc1)c1ccc(F)cc1Cl. The number of likely N-dealkylation sites (tertiary alicyclic amines) is 1. The van der Waals surface area contributed by atoms with Crippen LogP contribution in [0.5, 0.6) is 0 Å². The van der Waals surface area contributed by atoms with Crippen LogP contribution in [0.15, 0.2) is 42.5 Å². The first-order chi connectivity index (χ1) is 14.0. The number of tetrazole rings is 1. The lowest BCUT2D eigenvalue weighted by atomic mass is 10.2. The van der Waals surface area contributed by atoms with Gasteiger partial charge < -0.3 is 10.2 Å². The molecule has 0 radical (unpaired) electrons. The molecule has 0 atom stereocenters. The highest BCUT2D eigenvalue weighted by molar-refractivity contribution is 6.34. The van der Waals surface area contributed by atoms with E-state index < -0.39 is 11.7 Å². The third-order valence-electron chi connectivity index (χ3n) is 4.53. The van der Waals surface area contributed by atoms with Gasteiger partial charge in [0.25, 0.3) is 17.6 Å². The fraction of sp³-hybridized carbons (Fsp3) is 0.211. The van der Waals surface area contributed by atoms with Crippen LogP contribution in [0.25, 0.3) is 5.69 Å². The Kier molecular flexibility index (Phi) is 5.22. The second-order valence-corrected chi connectivity index (χ2v) is 6.93. The zero-order valence-electron chi connectivity index (χ0n) is 15.2. The zero-order chi connectivity index (χ0) is 20.4. The number of benzene rings is 2. The number of anilines is 1. The molecule has 2 amide bonds. The monoisotopic (exact) mass is 414 g/mol. The molecule has 148 valence electrons. The lowest BCUT2D eigenvalue weighted by Crippen LogP contribution is -2.28. The van der Waals surface area contributed by atoms with E-state index in [-0.39, 0.29) is 22.3 Å². The van der Waals surface area contributed by atoms with Gasteiger partial charge in [-0.05, 0) is 60.5 Å². The van der Waals surface area contributed by atoms with Crippen LogP contribution in [0.3, 0.4) is 0 Å². The first kappa shape index (κ1) is 19.0. The molecule has 1 aromatic heterocycles. The van der Waals surface area contributed by atoms with Gasteiger partial charge in [-0.1, -0.05) is 11.6 Å². The molecule has 2 aromatic carbocycles. The van der Waals surface area contributed by atoms with Crippen LogP contribution < -0.4 is 5.32 Å². The predicted octanol–water partition coefficient (Wildman–Crippen LogP) is 2.94. The van der Waals surface area contributed by atoms with Gasteiger partial charge in [0, 0.05) is 18.8 Å².